The van der Waals surface area contributed by atoms with Crippen LogP contribution in [0.5, 0.6) is 0 Å². The number of anilines is 2. The van der Waals surface area contributed by atoms with Crippen LogP contribution >= 0.6 is 0 Å². The van der Waals surface area contributed by atoms with E-state index in [0.29, 0.717) is 6.42 Å². The van der Waals surface area contributed by atoms with Gasteiger partial charge in [0.1, 0.15) is 0 Å². The Kier molecular flexibility index (Phi) is 3.33. The third-order valence-corrected chi connectivity index (χ3v) is 3.00. The van der Waals surface area contributed by atoms with Crippen molar-refractivity contribution >= 4 is 17.3 Å². The lowest BCUT2D eigenvalue weighted by Gasteiger charge is -2.13. The maximum atomic E-state index is 11.6. The number of carbonyl (C=O) groups excluding carboxylic acids is 1. The standard InChI is InChI=1S/C13H19N3O/c1-9(14)7-13(17)15-11-3-4-12-10(8-11)5-6-16(12)2/h3-4,8-9H,5-7,14H2,1-2H3,(H,15,17). The van der Waals surface area contributed by atoms with Gasteiger partial charge in [-0.25, -0.2) is 0 Å². The van der Waals surface area contributed by atoms with Gasteiger partial charge in [-0.3, -0.25) is 4.79 Å². The van der Waals surface area contributed by atoms with Crippen LogP contribution in [-0.4, -0.2) is 25.5 Å². The van der Waals surface area contributed by atoms with E-state index in [1.807, 2.05) is 13.0 Å². The topological polar surface area (TPSA) is 58.4 Å². The number of likely N-dealkylation sites (N-methyl/N-ethyl adjacent to an activating group) is 1. The smallest absolute Gasteiger partial charge is 0.225 e. The lowest BCUT2D eigenvalue weighted by molar-refractivity contribution is -0.116. The second-order valence-electron chi connectivity index (χ2n) is 4.74. The van der Waals surface area contributed by atoms with E-state index < -0.39 is 0 Å². The molecule has 1 heterocycles. The molecular weight excluding hydrogens is 214 g/mol. The van der Waals surface area contributed by atoms with Crippen LogP contribution in [0.15, 0.2) is 18.2 Å². The molecule has 0 fully saturated rings. The summed E-state index contributed by atoms with van der Waals surface area (Å²) in [4.78, 5) is 13.8. The minimum Gasteiger partial charge on any atom is -0.374 e. The number of nitrogens with two attached hydrogens (primary N) is 1. The van der Waals surface area contributed by atoms with E-state index in [-0.39, 0.29) is 11.9 Å². The van der Waals surface area contributed by atoms with E-state index in [2.05, 4.69) is 29.4 Å². The zero-order valence-corrected chi connectivity index (χ0v) is 10.4. The third kappa shape index (κ3) is 2.77. The molecule has 4 nitrogen and oxygen atoms in total. The third-order valence-electron chi connectivity index (χ3n) is 3.00. The highest BCUT2D eigenvalue weighted by Gasteiger charge is 2.16. The molecule has 1 aromatic rings. The molecule has 1 aromatic carbocycles. The maximum absolute atomic E-state index is 11.6. The molecule has 1 aliphatic rings. The zero-order chi connectivity index (χ0) is 12.4. The van der Waals surface area contributed by atoms with Gasteiger partial charge in [0.25, 0.3) is 0 Å². The molecule has 0 saturated heterocycles. The summed E-state index contributed by atoms with van der Waals surface area (Å²) < 4.78 is 0. The molecule has 0 saturated carbocycles. The first-order chi connectivity index (χ1) is 8.06. The number of nitrogens with one attached hydrogen (secondary N) is 1. The van der Waals surface area contributed by atoms with Gasteiger partial charge in [0, 0.05) is 37.4 Å². The van der Waals surface area contributed by atoms with Gasteiger partial charge < -0.3 is 16.0 Å². The molecule has 0 radical (unpaired) electrons. The molecular formula is C13H19N3O. The molecule has 1 aliphatic heterocycles. The Morgan fingerprint density at radius 1 is 1.59 bits per heavy atom. The van der Waals surface area contributed by atoms with Gasteiger partial charge in [-0.05, 0) is 37.1 Å². The monoisotopic (exact) mass is 233 g/mol. The first kappa shape index (κ1) is 11.9. The van der Waals surface area contributed by atoms with Crippen molar-refractivity contribution in [3.8, 4) is 0 Å². The molecule has 92 valence electrons. The zero-order valence-electron chi connectivity index (χ0n) is 10.4. The van der Waals surface area contributed by atoms with Crippen LogP contribution in [0.3, 0.4) is 0 Å². The molecule has 1 atom stereocenters. The largest absolute Gasteiger partial charge is 0.374 e. The lowest BCUT2D eigenvalue weighted by Crippen LogP contribution is -2.24. The van der Waals surface area contributed by atoms with Crippen molar-refractivity contribution in [3.63, 3.8) is 0 Å². The highest BCUT2D eigenvalue weighted by molar-refractivity contribution is 5.91. The van der Waals surface area contributed by atoms with Crippen molar-refractivity contribution in [1.82, 2.24) is 0 Å². The SMILES string of the molecule is CC(N)CC(=O)Nc1ccc2c(c1)CCN2C. The summed E-state index contributed by atoms with van der Waals surface area (Å²) in [6.45, 7) is 2.88. The quantitative estimate of drug-likeness (QED) is 0.828. The molecule has 3 N–H and O–H groups in total. The number of hydrogen-bond donors (Lipinski definition) is 2. The van der Waals surface area contributed by atoms with Crippen LogP contribution in [0.25, 0.3) is 0 Å². The fourth-order valence-electron chi connectivity index (χ4n) is 2.15. The summed E-state index contributed by atoms with van der Waals surface area (Å²) in [5, 5.41) is 2.88. The normalized spacial score (nSPS) is 15.6. The predicted molar refractivity (Wildman–Crippen MR) is 70.3 cm³/mol. The summed E-state index contributed by atoms with van der Waals surface area (Å²) in [5.74, 6) is -0.0219. The number of carbonyl (C=O) groups is 1. The first-order valence-electron chi connectivity index (χ1n) is 5.96. The Labute approximate surface area is 102 Å². The second kappa shape index (κ2) is 4.75. The molecule has 4 heteroatoms. The molecule has 0 aliphatic carbocycles. The van der Waals surface area contributed by atoms with Crippen molar-refractivity contribution in [2.75, 3.05) is 23.8 Å². The van der Waals surface area contributed by atoms with Gasteiger partial charge in [0.15, 0.2) is 0 Å². The summed E-state index contributed by atoms with van der Waals surface area (Å²) in [7, 11) is 2.08. The van der Waals surface area contributed by atoms with Gasteiger partial charge in [-0.2, -0.15) is 0 Å². The summed E-state index contributed by atoms with van der Waals surface area (Å²) in [5.41, 5.74) is 9.01. The summed E-state index contributed by atoms with van der Waals surface area (Å²) in [6, 6.07) is 5.96. The second-order valence-corrected chi connectivity index (χ2v) is 4.74. The van der Waals surface area contributed by atoms with E-state index in [1.54, 1.807) is 0 Å². The van der Waals surface area contributed by atoms with Crippen molar-refractivity contribution < 1.29 is 4.79 Å². The molecule has 2 rings (SSSR count). The number of fused-ring (bicyclic) bond motifs is 1. The molecule has 17 heavy (non-hydrogen) atoms. The average Bonchev–Trinajstić information content (AvgIpc) is 2.58. The van der Waals surface area contributed by atoms with Crippen molar-refractivity contribution in [3.05, 3.63) is 23.8 Å². The van der Waals surface area contributed by atoms with E-state index in [1.165, 1.54) is 11.3 Å². The molecule has 0 aromatic heterocycles. The van der Waals surface area contributed by atoms with Gasteiger partial charge in [-0.15, -0.1) is 0 Å². The molecule has 1 amide bonds. The maximum Gasteiger partial charge on any atom is 0.225 e. The number of hydrogen-bond acceptors (Lipinski definition) is 3. The van der Waals surface area contributed by atoms with E-state index in [9.17, 15) is 4.79 Å². The lowest BCUT2D eigenvalue weighted by atomic mass is 10.1. The minimum atomic E-state index is -0.101. The Bertz CT molecular complexity index is 429. The van der Waals surface area contributed by atoms with Crippen molar-refractivity contribution in [1.29, 1.82) is 0 Å². The van der Waals surface area contributed by atoms with Crippen LogP contribution in [0, 0.1) is 0 Å². The summed E-state index contributed by atoms with van der Waals surface area (Å²) in [6.07, 6.45) is 1.40. The van der Waals surface area contributed by atoms with Crippen LogP contribution in [0.2, 0.25) is 0 Å². The first-order valence-corrected chi connectivity index (χ1v) is 5.96. The van der Waals surface area contributed by atoms with E-state index >= 15 is 0 Å². The van der Waals surface area contributed by atoms with Crippen molar-refractivity contribution in [2.45, 2.75) is 25.8 Å². The van der Waals surface area contributed by atoms with Gasteiger partial charge in [0.2, 0.25) is 5.91 Å². The molecule has 0 spiro atoms. The summed E-state index contributed by atoms with van der Waals surface area (Å²) >= 11 is 0. The Balaban J connectivity index is 2.06. The van der Waals surface area contributed by atoms with Crippen LogP contribution < -0.4 is 16.0 Å². The minimum absolute atomic E-state index is 0.0219. The van der Waals surface area contributed by atoms with Gasteiger partial charge >= 0.3 is 0 Å². The van der Waals surface area contributed by atoms with Crippen LogP contribution in [0.4, 0.5) is 11.4 Å². The predicted octanol–water partition coefficient (Wildman–Crippen LogP) is 1.35. The highest BCUT2D eigenvalue weighted by Crippen LogP contribution is 2.29. The van der Waals surface area contributed by atoms with Gasteiger partial charge in [-0.1, -0.05) is 0 Å². The molecule has 0 bridgehead atoms. The fourth-order valence-corrected chi connectivity index (χ4v) is 2.15. The van der Waals surface area contributed by atoms with E-state index in [0.717, 1.165) is 18.7 Å². The van der Waals surface area contributed by atoms with Crippen molar-refractivity contribution in [2.24, 2.45) is 5.73 Å². The number of rotatable bonds is 3. The Morgan fingerprint density at radius 3 is 3.06 bits per heavy atom. The Morgan fingerprint density at radius 2 is 2.35 bits per heavy atom. The number of benzene rings is 1. The fraction of sp³-hybridized carbons (Fsp3) is 0.462. The van der Waals surface area contributed by atoms with Crippen LogP contribution in [0.1, 0.15) is 18.9 Å². The Hall–Kier alpha value is -1.55. The average molecular weight is 233 g/mol. The number of amides is 1. The highest BCUT2D eigenvalue weighted by atomic mass is 16.1. The van der Waals surface area contributed by atoms with E-state index in [4.69, 9.17) is 5.73 Å². The molecule has 1 unspecified atom stereocenters. The number of nitrogens with zero attached hydrogens (tertiary/aromatic N) is 1. The van der Waals surface area contributed by atoms with Crippen LogP contribution in [-0.2, 0) is 11.2 Å². The van der Waals surface area contributed by atoms with Gasteiger partial charge in [0.05, 0.1) is 0 Å².